The number of rotatable bonds is 9. The summed E-state index contributed by atoms with van der Waals surface area (Å²) in [5.41, 5.74) is 0.940. The van der Waals surface area contributed by atoms with Crippen LogP contribution < -0.4 is 0 Å². The van der Waals surface area contributed by atoms with Gasteiger partial charge in [0.05, 0.1) is 18.9 Å². The minimum atomic E-state index is 0.582. The molecule has 1 aromatic heterocycles. The fourth-order valence-corrected chi connectivity index (χ4v) is 1.43. The van der Waals surface area contributed by atoms with Crippen LogP contribution in [-0.4, -0.2) is 47.8 Å². The van der Waals surface area contributed by atoms with E-state index in [1.165, 1.54) is 0 Å². The van der Waals surface area contributed by atoms with Gasteiger partial charge >= 0.3 is 0 Å². The van der Waals surface area contributed by atoms with E-state index in [1.807, 2.05) is 10.9 Å². The summed E-state index contributed by atoms with van der Waals surface area (Å²) in [6, 6.07) is 0. The van der Waals surface area contributed by atoms with E-state index in [2.05, 4.69) is 10.3 Å². The van der Waals surface area contributed by atoms with Crippen molar-refractivity contribution in [3.8, 4) is 0 Å². The lowest BCUT2D eigenvalue weighted by atomic mass is 10.4. The van der Waals surface area contributed by atoms with Gasteiger partial charge in [-0.15, -0.1) is 16.7 Å². The summed E-state index contributed by atoms with van der Waals surface area (Å²) >= 11 is 5.61. The quantitative estimate of drug-likeness (QED) is 0.485. The van der Waals surface area contributed by atoms with Gasteiger partial charge in [-0.25, -0.2) is 0 Å². The predicted octanol–water partition coefficient (Wildman–Crippen LogP) is 1.11. The van der Waals surface area contributed by atoms with Gasteiger partial charge < -0.3 is 9.47 Å². The van der Waals surface area contributed by atoms with Crippen molar-refractivity contribution in [2.45, 2.75) is 19.4 Å². The number of hydrogen-bond donors (Lipinski definition) is 0. The molecule has 0 saturated heterocycles. The van der Waals surface area contributed by atoms with E-state index in [0.29, 0.717) is 25.7 Å². The molecule has 0 aromatic carbocycles. The minimum Gasteiger partial charge on any atom is -0.382 e. The molecule has 1 heterocycles. The number of ether oxygens (including phenoxy) is 2. The Bertz CT molecular complexity index is 281. The van der Waals surface area contributed by atoms with Gasteiger partial charge in [-0.05, 0) is 6.42 Å². The van der Waals surface area contributed by atoms with Crippen LogP contribution in [-0.2, 0) is 22.4 Å². The molecule has 0 fully saturated rings. The van der Waals surface area contributed by atoms with Crippen LogP contribution in [0.4, 0.5) is 0 Å². The van der Waals surface area contributed by atoms with E-state index in [-0.39, 0.29) is 0 Å². The summed E-state index contributed by atoms with van der Waals surface area (Å²) in [5, 5.41) is 8.00. The summed E-state index contributed by atoms with van der Waals surface area (Å²) in [6.45, 7) is 2.82. The van der Waals surface area contributed by atoms with Crippen LogP contribution in [0.15, 0.2) is 6.20 Å². The van der Waals surface area contributed by atoms with Crippen molar-refractivity contribution in [3.05, 3.63) is 11.9 Å². The number of aryl methyl sites for hydroxylation is 2. The van der Waals surface area contributed by atoms with Gasteiger partial charge in [-0.1, -0.05) is 5.21 Å². The van der Waals surface area contributed by atoms with Gasteiger partial charge in [0.25, 0.3) is 0 Å². The average Bonchev–Trinajstić information content (AvgIpc) is 2.72. The van der Waals surface area contributed by atoms with E-state index < -0.39 is 0 Å². The van der Waals surface area contributed by atoms with Crippen LogP contribution in [0.2, 0.25) is 0 Å². The van der Waals surface area contributed by atoms with Crippen molar-refractivity contribution in [3.63, 3.8) is 0 Å². The summed E-state index contributed by atoms with van der Waals surface area (Å²) in [5.74, 6) is 0.582. The Hall–Kier alpha value is -0.650. The fourth-order valence-electron chi connectivity index (χ4n) is 1.23. The van der Waals surface area contributed by atoms with Crippen molar-refractivity contribution in [2.24, 2.45) is 0 Å². The monoisotopic (exact) mass is 247 g/mol. The van der Waals surface area contributed by atoms with Crippen molar-refractivity contribution in [2.75, 3.05) is 32.8 Å². The van der Waals surface area contributed by atoms with Gasteiger partial charge in [-0.3, -0.25) is 4.68 Å². The lowest BCUT2D eigenvalue weighted by molar-refractivity contribution is 0.0676. The predicted molar refractivity (Wildman–Crippen MR) is 61.8 cm³/mol. The largest absolute Gasteiger partial charge is 0.382 e. The van der Waals surface area contributed by atoms with Crippen molar-refractivity contribution >= 4 is 11.6 Å². The molecule has 0 saturated carbocycles. The van der Waals surface area contributed by atoms with E-state index in [4.69, 9.17) is 21.1 Å². The Morgan fingerprint density at radius 1 is 1.38 bits per heavy atom. The maximum Gasteiger partial charge on any atom is 0.0839 e. The smallest absolute Gasteiger partial charge is 0.0839 e. The third kappa shape index (κ3) is 5.44. The van der Waals surface area contributed by atoms with E-state index in [0.717, 1.165) is 25.1 Å². The molecule has 0 radical (unpaired) electrons. The first kappa shape index (κ1) is 13.4. The molecule has 0 atom stereocenters. The fraction of sp³-hybridized carbons (Fsp3) is 0.800. The summed E-state index contributed by atoms with van der Waals surface area (Å²) < 4.78 is 12.0. The van der Waals surface area contributed by atoms with E-state index in [9.17, 15) is 0 Å². The molecule has 1 aromatic rings. The minimum absolute atomic E-state index is 0.582. The molecule has 0 aliphatic rings. The standard InChI is InChI=1S/C10H18ClN3O2/c1-15-7-8-16-6-2-5-14-9-10(3-4-11)12-13-14/h9H,2-8H2,1H3. The molecule has 0 bridgehead atoms. The molecule has 0 amide bonds. The number of hydrogen-bond acceptors (Lipinski definition) is 4. The van der Waals surface area contributed by atoms with Gasteiger partial charge in [0, 0.05) is 38.8 Å². The van der Waals surface area contributed by atoms with Gasteiger partial charge in [-0.2, -0.15) is 0 Å². The lowest BCUT2D eigenvalue weighted by Crippen LogP contribution is -2.06. The highest BCUT2D eigenvalue weighted by Gasteiger charge is 1.99. The zero-order valence-electron chi connectivity index (χ0n) is 9.56. The number of halogens is 1. The van der Waals surface area contributed by atoms with E-state index >= 15 is 0 Å². The first-order chi connectivity index (χ1) is 7.86. The summed E-state index contributed by atoms with van der Waals surface area (Å²) in [4.78, 5) is 0. The highest BCUT2D eigenvalue weighted by molar-refractivity contribution is 6.17. The molecule has 16 heavy (non-hydrogen) atoms. The average molecular weight is 248 g/mol. The molecule has 92 valence electrons. The van der Waals surface area contributed by atoms with Crippen LogP contribution in [0.1, 0.15) is 12.1 Å². The third-order valence-corrected chi connectivity index (χ3v) is 2.23. The van der Waals surface area contributed by atoms with Crippen LogP contribution in [0, 0.1) is 0 Å². The normalized spacial score (nSPS) is 10.9. The van der Waals surface area contributed by atoms with Crippen molar-refractivity contribution in [1.29, 1.82) is 0 Å². The number of aromatic nitrogens is 3. The van der Waals surface area contributed by atoms with E-state index in [1.54, 1.807) is 7.11 Å². The molecule has 6 heteroatoms. The first-order valence-corrected chi connectivity index (χ1v) is 5.92. The Morgan fingerprint density at radius 3 is 3.00 bits per heavy atom. The Kier molecular flexibility index (Phi) is 7.12. The highest BCUT2D eigenvalue weighted by Crippen LogP contribution is 1.97. The zero-order valence-corrected chi connectivity index (χ0v) is 10.3. The van der Waals surface area contributed by atoms with Gasteiger partial charge in [0.1, 0.15) is 0 Å². The van der Waals surface area contributed by atoms with Crippen LogP contribution in [0.25, 0.3) is 0 Å². The van der Waals surface area contributed by atoms with Crippen LogP contribution >= 0.6 is 11.6 Å². The number of methoxy groups -OCH3 is 1. The second kappa shape index (κ2) is 8.50. The van der Waals surface area contributed by atoms with Gasteiger partial charge in [0.15, 0.2) is 0 Å². The molecular formula is C10H18ClN3O2. The van der Waals surface area contributed by atoms with Crippen LogP contribution in [0.3, 0.4) is 0 Å². The Labute approximate surface area is 101 Å². The second-order valence-corrected chi connectivity index (χ2v) is 3.75. The first-order valence-electron chi connectivity index (χ1n) is 5.38. The SMILES string of the molecule is COCCOCCCn1cc(CCCl)nn1. The molecule has 0 spiro atoms. The summed E-state index contributed by atoms with van der Waals surface area (Å²) in [7, 11) is 1.66. The highest BCUT2D eigenvalue weighted by atomic mass is 35.5. The zero-order chi connectivity index (χ0) is 11.6. The molecular weight excluding hydrogens is 230 g/mol. The molecule has 0 unspecified atom stereocenters. The number of alkyl halides is 1. The topological polar surface area (TPSA) is 49.2 Å². The maximum atomic E-state index is 5.61. The lowest BCUT2D eigenvalue weighted by Gasteiger charge is -2.02. The van der Waals surface area contributed by atoms with Gasteiger partial charge in [0.2, 0.25) is 0 Å². The van der Waals surface area contributed by atoms with Crippen molar-refractivity contribution < 1.29 is 9.47 Å². The van der Waals surface area contributed by atoms with Crippen LogP contribution in [0.5, 0.6) is 0 Å². The Morgan fingerprint density at radius 2 is 2.25 bits per heavy atom. The second-order valence-electron chi connectivity index (χ2n) is 3.37. The molecule has 0 N–H and O–H groups in total. The Balaban J connectivity index is 2.07. The summed E-state index contributed by atoms with van der Waals surface area (Å²) in [6.07, 6.45) is 3.62. The molecule has 0 aliphatic heterocycles. The third-order valence-electron chi connectivity index (χ3n) is 2.04. The molecule has 1 rings (SSSR count). The maximum absolute atomic E-state index is 5.61. The van der Waals surface area contributed by atoms with Crippen molar-refractivity contribution in [1.82, 2.24) is 15.0 Å². The molecule has 0 aliphatic carbocycles. The number of nitrogens with zero attached hydrogens (tertiary/aromatic N) is 3. The molecule has 5 nitrogen and oxygen atoms in total.